The first-order chi connectivity index (χ1) is 16.2. The van der Waals surface area contributed by atoms with E-state index in [1.807, 2.05) is 4.90 Å². The second kappa shape index (κ2) is 8.16. The summed E-state index contributed by atoms with van der Waals surface area (Å²) in [5.74, 6) is -0.736. The third-order valence-corrected chi connectivity index (χ3v) is 8.71. The Bertz CT molecular complexity index is 1110. The minimum atomic E-state index is -4.71. The Morgan fingerprint density at radius 2 is 1.79 bits per heavy atom. The van der Waals surface area contributed by atoms with E-state index in [1.165, 1.54) is 0 Å². The number of alkyl halides is 3. The van der Waals surface area contributed by atoms with E-state index in [1.54, 1.807) is 0 Å². The van der Waals surface area contributed by atoms with Gasteiger partial charge >= 0.3 is 12.2 Å². The molecule has 2 aromatic rings. The van der Waals surface area contributed by atoms with Crippen LogP contribution in [0.4, 0.5) is 23.4 Å². The fourth-order valence-electron chi connectivity index (χ4n) is 6.31. The molecule has 4 fully saturated rings. The van der Waals surface area contributed by atoms with Crippen LogP contribution < -0.4 is 15.0 Å². The number of hydrogen-bond donors (Lipinski definition) is 1. The molecule has 0 saturated carbocycles. The third-order valence-electron chi connectivity index (χ3n) is 7.93. The molecular weight excluding hydrogens is 518 g/mol. The summed E-state index contributed by atoms with van der Waals surface area (Å²) >= 11 is 2.81. The van der Waals surface area contributed by atoms with Gasteiger partial charge in [0.2, 0.25) is 0 Å². The van der Waals surface area contributed by atoms with Crippen LogP contribution in [0, 0.1) is 5.82 Å². The average molecular weight is 544 g/mol. The summed E-state index contributed by atoms with van der Waals surface area (Å²) in [6, 6.07) is 1.45. The first kappa shape index (κ1) is 22.7. The number of ether oxygens (including phenoxy) is 1. The number of piperazine rings is 1. The van der Waals surface area contributed by atoms with Crippen molar-refractivity contribution in [2.75, 3.05) is 37.7 Å². The zero-order valence-electron chi connectivity index (χ0n) is 18.6. The number of benzene rings is 1. The van der Waals surface area contributed by atoms with Crippen molar-refractivity contribution in [2.24, 2.45) is 0 Å². The van der Waals surface area contributed by atoms with Crippen molar-refractivity contribution in [2.45, 2.75) is 62.3 Å². The highest BCUT2D eigenvalue weighted by molar-refractivity contribution is 9.10. The van der Waals surface area contributed by atoms with E-state index in [2.05, 4.69) is 36.1 Å². The van der Waals surface area contributed by atoms with Gasteiger partial charge in [0.15, 0.2) is 5.82 Å². The monoisotopic (exact) mass is 543 g/mol. The molecule has 6 rings (SSSR count). The van der Waals surface area contributed by atoms with Crippen molar-refractivity contribution >= 4 is 32.7 Å². The molecular formula is C23H26BrF4N5O. The molecule has 2 bridgehead atoms. The fourth-order valence-corrected chi connectivity index (χ4v) is 6.84. The van der Waals surface area contributed by atoms with Gasteiger partial charge in [-0.1, -0.05) is 0 Å². The summed E-state index contributed by atoms with van der Waals surface area (Å²) in [7, 11) is 0. The van der Waals surface area contributed by atoms with Crippen LogP contribution in [0.25, 0.3) is 10.9 Å². The Balaban J connectivity index is 1.43. The van der Waals surface area contributed by atoms with Crippen LogP contribution in [0.1, 0.15) is 44.1 Å². The molecule has 2 unspecified atom stereocenters. The number of halogens is 5. The first-order valence-electron chi connectivity index (χ1n) is 11.9. The lowest BCUT2D eigenvalue weighted by molar-refractivity contribution is -0.138. The zero-order chi connectivity index (χ0) is 23.7. The van der Waals surface area contributed by atoms with Gasteiger partial charge in [-0.25, -0.2) is 4.39 Å². The topological polar surface area (TPSA) is 53.5 Å². The van der Waals surface area contributed by atoms with Crippen molar-refractivity contribution < 1.29 is 22.3 Å². The molecule has 1 aromatic heterocycles. The lowest BCUT2D eigenvalue weighted by Gasteiger charge is -2.35. The maximum Gasteiger partial charge on any atom is 0.417 e. The van der Waals surface area contributed by atoms with Gasteiger partial charge in [0.25, 0.3) is 0 Å². The summed E-state index contributed by atoms with van der Waals surface area (Å²) in [5, 5.41) is 3.57. The van der Waals surface area contributed by atoms with Crippen LogP contribution >= 0.6 is 15.9 Å². The molecule has 2 atom stereocenters. The van der Waals surface area contributed by atoms with Crippen molar-refractivity contribution in [1.29, 1.82) is 0 Å². The van der Waals surface area contributed by atoms with Crippen molar-refractivity contribution in [3.63, 3.8) is 0 Å². The lowest BCUT2D eigenvalue weighted by Crippen LogP contribution is -2.51. The standard InChI is InChI=1S/C23H26BrF4N5O/c24-17-16(23(26,27)28)9-15-19(18(17)25)30-21(34-12-22-5-1-7-33(22)8-2-6-22)31-20(15)32-10-13-3-4-14(11-32)29-13/h9,13-14,29H,1-8,10-12H2. The Morgan fingerprint density at radius 3 is 2.44 bits per heavy atom. The van der Waals surface area contributed by atoms with Crippen LogP contribution in [0.2, 0.25) is 0 Å². The molecule has 11 heteroatoms. The van der Waals surface area contributed by atoms with Crippen LogP contribution in [-0.4, -0.2) is 65.3 Å². The Hall–Kier alpha value is -1.72. The summed E-state index contributed by atoms with van der Waals surface area (Å²) < 4.78 is 61.8. The number of fused-ring (bicyclic) bond motifs is 4. The molecule has 0 radical (unpaired) electrons. The highest BCUT2D eigenvalue weighted by atomic mass is 79.9. The fraction of sp³-hybridized carbons (Fsp3) is 0.652. The summed E-state index contributed by atoms with van der Waals surface area (Å²) in [6.45, 7) is 3.67. The summed E-state index contributed by atoms with van der Waals surface area (Å²) in [6.07, 6.45) is 1.57. The van der Waals surface area contributed by atoms with Crippen LogP contribution in [0.3, 0.4) is 0 Å². The second-order valence-electron chi connectivity index (χ2n) is 10.0. The summed E-state index contributed by atoms with van der Waals surface area (Å²) in [4.78, 5) is 13.3. The second-order valence-corrected chi connectivity index (χ2v) is 10.8. The number of hydrogen-bond acceptors (Lipinski definition) is 6. The van der Waals surface area contributed by atoms with Gasteiger partial charge in [-0.15, -0.1) is 0 Å². The van der Waals surface area contributed by atoms with E-state index in [-0.39, 0.29) is 34.5 Å². The van der Waals surface area contributed by atoms with Gasteiger partial charge < -0.3 is 15.0 Å². The Kier molecular flexibility index (Phi) is 5.46. The predicted molar refractivity (Wildman–Crippen MR) is 123 cm³/mol. The smallest absolute Gasteiger partial charge is 0.417 e. The van der Waals surface area contributed by atoms with Gasteiger partial charge in [0, 0.05) is 30.6 Å². The van der Waals surface area contributed by atoms with Crippen molar-refractivity contribution in [3.8, 4) is 6.01 Å². The largest absolute Gasteiger partial charge is 0.461 e. The number of aromatic nitrogens is 2. The Labute approximate surface area is 203 Å². The van der Waals surface area contributed by atoms with Crippen LogP contribution in [0.15, 0.2) is 10.5 Å². The number of anilines is 1. The molecule has 5 heterocycles. The van der Waals surface area contributed by atoms with E-state index < -0.39 is 22.0 Å². The minimum absolute atomic E-state index is 0.0204. The number of nitrogens with zero attached hydrogens (tertiary/aromatic N) is 4. The number of rotatable bonds is 4. The average Bonchev–Trinajstić information content (AvgIpc) is 3.47. The van der Waals surface area contributed by atoms with Crippen molar-refractivity contribution in [3.05, 3.63) is 21.9 Å². The van der Waals surface area contributed by atoms with E-state index >= 15 is 4.39 Å². The summed E-state index contributed by atoms with van der Waals surface area (Å²) in [5.41, 5.74) is -1.27. The predicted octanol–water partition coefficient (Wildman–Crippen LogP) is 4.50. The van der Waals surface area contributed by atoms with E-state index in [4.69, 9.17) is 4.74 Å². The van der Waals surface area contributed by atoms with Gasteiger partial charge in [0.1, 0.15) is 17.9 Å². The third kappa shape index (κ3) is 3.74. The highest BCUT2D eigenvalue weighted by Gasteiger charge is 2.45. The van der Waals surface area contributed by atoms with E-state index in [9.17, 15) is 13.2 Å². The Morgan fingerprint density at radius 1 is 1.12 bits per heavy atom. The molecule has 4 saturated heterocycles. The number of nitrogens with one attached hydrogen (secondary N) is 1. The maximum atomic E-state index is 15.3. The van der Waals surface area contributed by atoms with Crippen LogP contribution in [-0.2, 0) is 6.18 Å². The molecule has 0 spiro atoms. The molecule has 1 N–H and O–H groups in total. The molecule has 0 amide bonds. The van der Waals surface area contributed by atoms with E-state index in [0.717, 1.165) is 57.7 Å². The van der Waals surface area contributed by atoms with Crippen molar-refractivity contribution in [1.82, 2.24) is 20.2 Å². The normalized spacial score (nSPS) is 26.4. The molecule has 34 heavy (non-hydrogen) atoms. The van der Waals surface area contributed by atoms with Gasteiger partial charge in [-0.2, -0.15) is 23.1 Å². The lowest BCUT2D eigenvalue weighted by atomic mass is 9.95. The highest BCUT2D eigenvalue weighted by Crippen LogP contribution is 2.43. The van der Waals surface area contributed by atoms with Gasteiger partial charge in [-0.3, -0.25) is 4.90 Å². The molecule has 1 aromatic carbocycles. The van der Waals surface area contributed by atoms with Gasteiger partial charge in [-0.05, 0) is 73.6 Å². The van der Waals surface area contributed by atoms with E-state index in [0.29, 0.717) is 25.5 Å². The van der Waals surface area contributed by atoms with Gasteiger partial charge in [0.05, 0.1) is 15.6 Å². The quantitative estimate of drug-likeness (QED) is 0.573. The molecule has 6 nitrogen and oxygen atoms in total. The molecule has 4 aliphatic rings. The molecule has 4 aliphatic heterocycles. The zero-order valence-corrected chi connectivity index (χ0v) is 20.2. The maximum absolute atomic E-state index is 15.3. The minimum Gasteiger partial charge on any atom is -0.461 e. The molecule has 0 aliphatic carbocycles. The SMILES string of the molecule is Fc1c(Br)c(C(F)(F)F)cc2c(N3CC4CCC(C3)N4)nc(OCC34CCCN3CCC4)nc12. The molecule has 184 valence electrons. The van der Waals surface area contributed by atoms with Crippen LogP contribution in [0.5, 0.6) is 6.01 Å². The first-order valence-corrected chi connectivity index (χ1v) is 12.7.